The van der Waals surface area contributed by atoms with Gasteiger partial charge in [-0.2, -0.15) is 0 Å². The molecule has 0 radical (unpaired) electrons. The maximum Gasteiger partial charge on any atom is 0.163 e. The molecule has 1 fully saturated rings. The van der Waals surface area contributed by atoms with Crippen molar-refractivity contribution < 1.29 is 19.5 Å². The van der Waals surface area contributed by atoms with Gasteiger partial charge in [-0.15, -0.1) is 0 Å². The fraction of sp³-hybridized carbons (Fsp3) is 0.414. The second-order valence-corrected chi connectivity index (χ2v) is 11.2. The quantitative estimate of drug-likeness (QED) is 0.569. The van der Waals surface area contributed by atoms with Crippen LogP contribution >= 0.6 is 0 Å². The van der Waals surface area contributed by atoms with E-state index in [1.54, 1.807) is 0 Å². The summed E-state index contributed by atoms with van der Waals surface area (Å²) in [6.07, 6.45) is 1.21. The minimum Gasteiger partial charge on any atom is -0.512 e. The Morgan fingerprint density at radius 2 is 1.24 bits per heavy atom. The fourth-order valence-electron chi connectivity index (χ4n) is 5.47. The number of carbonyl (C=O) groups excluding carboxylic acids is 3. The first kappa shape index (κ1) is 23.2. The Morgan fingerprint density at radius 3 is 1.79 bits per heavy atom. The van der Waals surface area contributed by atoms with E-state index in [0.29, 0.717) is 6.42 Å². The van der Waals surface area contributed by atoms with Crippen LogP contribution in [0.5, 0.6) is 0 Å². The number of hydrogen-bond acceptors (Lipinski definition) is 4. The average Bonchev–Trinajstić information content (AvgIpc) is 2.71. The van der Waals surface area contributed by atoms with Gasteiger partial charge in [0.25, 0.3) is 0 Å². The number of rotatable bonds is 4. The van der Waals surface area contributed by atoms with Crippen molar-refractivity contribution in [1.29, 1.82) is 0 Å². The number of aliphatic hydroxyl groups is 1. The van der Waals surface area contributed by atoms with Gasteiger partial charge in [0.2, 0.25) is 0 Å². The number of allylic oxidation sites excluding steroid dienone is 2. The standard InChI is InChI=1S/C29H32O4/c1-28(2)14-21(30)26(22(31)15-28)25(27-23(32)16-29(3,4)17-24(27)33)20-12-10-19(11-13-20)18-8-6-5-7-9-18/h5-13,25-26,32H,14-17H2,1-4H3. The van der Waals surface area contributed by atoms with E-state index in [2.05, 4.69) is 0 Å². The maximum absolute atomic E-state index is 13.3. The number of hydrogen-bond donors (Lipinski definition) is 1. The minimum atomic E-state index is -0.942. The number of aliphatic hydroxyl groups excluding tert-OH is 1. The first-order valence-electron chi connectivity index (χ1n) is 11.6. The van der Waals surface area contributed by atoms with E-state index in [1.807, 2.05) is 82.3 Å². The lowest BCUT2D eigenvalue weighted by molar-refractivity contribution is -0.140. The first-order chi connectivity index (χ1) is 15.5. The van der Waals surface area contributed by atoms with Crippen LogP contribution in [0.15, 0.2) is 65.9 Å². The highest BCUT2D eigenvalue weighted by Gasteiger charge is 2.48. The predicted octanol–water partition coefficient (Wildman–Crippen LogP) is 6.21. The number of benzene rings is 2. The maximum atomic E-state index is 13.3. The molecule has 4 rings (SSSR count). The molecule has 0 aromatic heterocycles. The monoisotopic (exact) mass is 444 g/mol. The third-order valence-corrected chi connectivity index (χ3v) is 6.92. The summed E-state index contributed by atoms with van der Waals surface area (Å²) in [6.45, 7) is 7.74. The SMILES string of the molecule is CC1(C)CC(=O)C(C(C2=C(O)CC(C)(C)CC2=O)c2ccc(-c3ccccc3)cc2)C(=O)C1. The summed E-state index contributed by atoms with van der Waals surface area (Å²) in [5, 5.41) is 11.0. The summed E-state index contributed by atoms with van der Waals surface area (Å²) in [7, 11) is 0. The smallest absolute Gasteiger partial charge is 0.163 e. The average molecular weight is 445 g/mol. The third-order valence-electron chi connectivity index (χ3n) is 6.92. The summed E-state index contributed by atoms with van der Waals surface area (Å²) >= 11 is 0. The highest BCUT2D eigenvalue weighted by Crippen LogP contribution is 2.47. The molecule has 33 heavy (non-hydrogen) atoms. The van der Waals surface area contributed by atoms with Crippen molar-refractivity contribution in [3.8, 4) is 11.1 Å². The van der Waals surface area contributed by atoms with Gasteiger partial charge < -0.3 is 5.11 Å². The van der Waals surface area contributed by atoms with Crippen LogP contribution in [0.2, 0.25) is 0 Å². The lowest BCUT2D eigenvalue weighted by atomic mass is 9.62. The molecular formula is C29H32O4. The second-order valence-electron chi connectivity index (χ2n) is 11.2. The van der Waals surface area contributed by atoms with Gasteiger partial charge in [0.15, 0.2) is 5.78 Å². The van der Waals surface area contributed by atoms with E-state index in [-0.39, 0.29) is 58.8 Å². The van der Waals surface area contributed by atoms with Crippen LogP contribution in [-0.2, 0) is 14.4 Å². The molecule has 2 aromatic carbocycles. The molecule has 2 aromatic rings. The normalized spacial score (nSPS) is 21.9. The van der Waals surface area contributed by atoms with Gasteiger partial charge in [-0.25, -0.2) is 0 Å². The fourth-order valence-corrected chi connectivity index (χ4v) is 5.47. The highest BCUT2D eigenvalue weighted by molar-refractivity contribution is 6.09. The van der Waals surface area contributed by atoms with Crippen molar-refractivity contribution in [2.45, 2.75) is 59.3 Å². The topological polar surface area (TPSA) is 71.4 Å². The zero-order valence-electron chi connectivity index (χ0n) is 19.9. The Morgan fingerprint density at radius 1 is 0.727 bits per heavy atom. The van der Waals surface area contributed by atoms with Crippen LogP contribution in [0.3, 0.4) is 0 Å². The lowest BCUT2D eigenvalue weighted by Gasteiger charge is -2.39. The van der Waals surface area contributed by atoms with Crippen LogP contribution in [0.4, 0.5) is 0 Å². The Balaban J connectivity index is 1.81. The molecule has 1 saturated carbocycles. The molecular weight excluding hydrogens is 412 g/mol. The molecule has 172 valence electrons. The Kier molecular flexibility index (Phi) is 5.90. The van der Waals surface area contributed by atoms with Gasteiger partial charge in [0.1, 0.15) is 17.3 Å². The highest BCUT2D eigenvalue weighted by atomic mass is 16.3. The molecule has 0 aliphatic heterocycles. The van der Waals surface area contributed by atoms with Crippen LogP contribution in [-0.4, -0.2) is 22.5 Å². The number of ketones is 3. The summed E-state index contributed by atoms with van der Waals surface area (Å²) in [5.74, 6) is -2.15. The Hall–Kier alpha value is -3.01. The molecule has 0 bridgehead atoms. The summed E-state index contributed by atoms with van der Waals surface area (Å²) in [4.78, 5) is 39.8. The van der Waals surface area contributed by atoms with Crippen LogP contribution in [0, 0.1) is 16.7 Å². The van der Waals surface area contributed by atoms with Crippen molar-refractivity contribution in [3.63, 3.8) is 0 Å². The van der Waals surface area contributed by atoms with Crippen LogP contribution in [0.1, 0.15) is 64.9 Å². The van der Waals surface area contributed by atoms with Crippen molar-refractivity contribution in [3.05, 3.63) is 71.5 Å². The molecule has 1 unspecified atom stereocenters. The predicted molar refractivity (Wildman–Crippen MR) is 129 cm³/mol. The van der Waals surface area contributed by atoms with Crippen LogP contribution < -0.4 is 0 Å². The molecule has 2 aliphatic rings. The van der Waals surface area contributed by atoms with Gasteiger partial charge in [0, 0.05) is 37.2 Å². The Labute approximate surface area is 195 Å². The van der Waals surface area contributed by atoms with Crippen molar-refractivity contribution in [2.75, 3.05) is 0 Å². The summed E-state index contributed by atoms with van der Waals surface area (Å²) in [5.41, 5.74) is 2.29. The van der Waals surface area contributed by atoms with Crippen molar-refractivity contribution in [1.82, 2.24) is 0 Å². The van der Waals surface area contributed by atoms with E-state index < -0.39 is 11.8 Å². The Bertz CT molecular complexity index is 1100. The van der Waals surface area contributed by atoms with E-state index in [9.17, 15) is 19.5 Å². The summed E-state index contributed by atoms with van der Waals surface area (Å²) in [6, 6.07) is 17.6. The van der Waals surface area contributed by atoms with Gasteiger partial charge in [-0.3, -0.25) is 14.4 Å². The molecule has 0 heterocycles. The van der Waals surface area contributed by atoms with E-state index in [1.165, 1.54) is 0 Å². The second kappa shape index (κ2) is 8.40. The molecule has 0 spiro atoms. The van der Waals surface area contributed by atoms with Crippen molar-refractivity contribution >= 4 is 17.3 Å². The molecule has 1 N–H and O–H groups in total. The zero-order chi connectivity index (χ0) is 24.0. The van der Waals surface area contributed by atoms with Gasteiger partial charge in [0.05, 0.1) is 5.92 Å². The molecule has 0 amide bonds. The van der Waals surface area contributed by atoms with Crippen molar-refractivity contribution in [2.24, 2.45) is 16.7 Å². The molecule has 0 saturated heterocycles. The molecule has 1 atom stereocenters. The van der Waals surface area contributed by atoms with Crippen LogP contribution in [0.25, 0.3) is 11.1 Å². The van der Waals surface area contributed by atoms with E-state index in [4.69, 9.17) is 0 Å². The number of Topliss-reactive ketones (excluding diaryl/α,β-unsaturated/α-hetero) is 3. The molecule has 4 heteroatoms. The first-order valence-corrected chi connectivity index (χ1v) is 11.6. The third kappa shape index (κ3) is 4.71. The molecule has 4 nitrogen and oxygen atoms in total. The largest absolute Gasteiger partial charge is 0.512 e. The minimum absolute atomic E-state index is 0.0128. The number of carbonyl (C=O) groups is 3. The van der Waals surface area contributed by atoms with Gasteiger partial charge in [-0.05, 0) is 27.5 Å². The van der Waals surface area contributed by atoms with Gasteiger partial charge in [-0.1, -0.05) is 82.3 Å². The summed E-state index contributed by atoms with van der Waals surface area (Å²) < 4.78 is 0. The molecule has 2 aliphatic carbocycles. The lowest BCUT2D eigenvalue weighted by Crippen LogP contribution is -2.43. The van der Waals surface area contributed by atoms with E-state index >= 15 is 0 Å². The van der Waals surface area contributed by atoms with Gasteiger partial charge >= 0.3 is 0 Å². The zero-order valence-corrected chi connectivity index (χ0v) is 19.9. The van der Waals surface area contributed by atoms with E-state index in [0.717, 1.165) is 16.7 Å².